The predicted molar refractivity (Wildman–Crippen MR) is 80.5 cm³/mol. The summed E-state index contributed by atoms with van der Waals surface area (Å²) in [7, 11) is 0. The molecule has 2 aromatic rings. The van der Waals surface area contributed by atoms with Crippen molar-refractivity contribution in [3.05, 3.63) is 77.9 Å². The molecule has 1 heterocycles. The van der Waals surface area contributed by atoms with E-state index in [2.05, 4.69) is 4.99 Å². The second kappa shape index (κ2) is 5.20. The summed E-state index contributed by atoms with van der Waals surface area (Å²) in [6.45, 7) is 0. The molecule has 21 heavy (non-hydrogen) atoms. The Bertz CT molecular complexity index is 696. The molecule has 0 fully saturated rings. The molecule has 0 bridgehead atoms. The molecule has 0 saturated heterocycles. The molecule has 1 unspecified atom stereocenters. The van der Waals surface area contributed by atoms with E-state index in [1.54, 1.807) is 12.1 Å². The Balaban J connectivity index is 2.13. The van der Waals surface area contributed by atoms with Gasteiger partial charge >= 0.3 is 0 Å². The zero-order chi connectivity index (χ0) is 14.8. The molecular formula is C16H14N2O3. The third-order valence-electron chi connectivity index (χ3n) is 3.27. The standard InChI is InChI=1S/C16H14N2O3/c19-13-15(20)17-14(11-7-3-1-4-8-11)18(16(13)21)12-9-5-2-6-10-12/h1-10,14,19,21H,(H,17,20). The number of benzene rings is 2. The van der Waals surface area contributed by atoms with Gasteiger partial charge in [0.2, 0.25) is 11.6 Å². The van der Waals surface area contributed by atoms with Crippen molar-refractivity contribution in [1.82, 2.24) is 0 Å². The zero-order valence-electron chi connectivity index (χ0n) is 11.1. The third-order valence-corrected chi connectivity index (χ3v) is 3.27. The highest BCUT2D eigenvalue weighted by atomic mass is 16.3. The monoisotopic (exact) mass is 282 g/mol. The van der Waals surface area contributed by atoms with Gasteiger partial charge in [-0.15, -0.1) is 0 Å². The summed E-state index contributed by atoms with van der Waals surface area (Å²) in [4.78, 5) is 5.53. The van der Waals surface area contributed by atoms with Gasteiger partial charge in [-0.05, 0) is 17.7 Å². The van der Waals surface area contributed by atoms with Crippen LogP contribution in [0.25, 0.3) is 0 Å². The largest absolute Gasteiger partial charge is 0.499 e. The number of aliphatic imine (C=N–C) groups is 1. The Kier molecular flexibility index (Phi) is 3.23. The van der Waals surface area contributed by atoms with Crippen LogP contribution in [0.3, 0.4) is 0 Å². The summed E-state index contributed by atoms with van der Waals surface area (Å²) in [5, 5.41) is 29.7. The van der Waals surface area contributed by atoms with Crippen LogP contribution >= 0.6 is 0 Å². The quantitative estimate of drug-likeness (QED) is 0.788. The molecule has 3 rings (SSSR count). The van der Waals surface area contributed by atoms with Gasteiger partial charge in [0, 0.05) is 5.69 Å². The van der Waals surface area contributed by atoms with Crippen molar-refractivity contribution in [1.29, 1.82) is 0 Å². The van der Waals surface area contributed by atoms with Crippen LogP contribution in [-0.4, -0.2) is 21.2 Å². The summed E-state index contributed by atoms with van der Waals surface area (Å²) in [5.74, 6) is -1.64. The van der Waals surface area contributed by atoms with Gasteiger partial charge in [-0.2, -0.15) is 0 Å². The Morgan fingerprint density at radius 3 is 2.00 bits per heavy atom. The molecule has 3 N–H and O–H groups in total. The van der Waals surface area contributed by atoms with E-state index >= 15 is 0 Å². The van der Waals surface area contributed by atoms with E-state index in [-0.39, 0.29) is 0 Å². The SMILES string of the molecule is OC1=NC(c2ccccc2)N(c2ccccc2)C(O)=C1O. The normalized spacial score (nSPS) is 18.6. The van der Waals surface area contributed by atoms with Crippen molar-refractivity contribution < 1.29 is 15.3 Å². The molecule has 0 aliphatic carbocycles. The minimum atomic E-state index is -0.649. The van der Waals surface area contributed by atoms with Crippen LogP contribution in [-0.2, 0) is 0 Å². The first-order valence-electron chi connectivity index (χ1n) is 6.47. The predicted octanol–water partition coefficient (Wildman–Crippen LogP) is 3.45. The van der Waals surface area contributed by atoms with Crippen molar-refractivity contribution in [3.63, 3.8) is 0 Å². The number of aliphatic hydroxyl groups excluding tert-OH is 3. The van der Waals surface area contributed by atoms with Crippen molar-refractivity contribution in [2.45, 2.75) is 6.17 Å². The van der Waals surface area contributed by atoms with Crippen molar-refractivity contribution in [2.75, 3.05) is 4.90 Å². The summed E-state index contributed by atoms with van der Waals surface area (Å²) < 4.78 is 0. The second-order valence-corrected chi connectivity index (χ2v) is 4.61. The van der Waals surface area contributed by atoms with E-state index in [1.807, 2.05) is 48.5 Å². The number of para-hydroxylation sites is 1. The van der Waals surface area contributed by atoms with Gasteiger partial charge < -0.3 is 15.3 Å². The highest BCUT2D eigenvalue weighted by Gasteiger charge is 2.32. The molecule has 0 spiro atoms. The maximum absolute atomic E-state index is 10.2. The third kappa shape index (κ3) is 2.29. The summed E-state index contributed by atoms with van der Waals surface area (Å²) >= 11 is 0. The van der Waals surface area contributed by atoms with E-state index in [0.29, 0.717) is 5.69 Å². The minimum Gasteiger partial charge on any atom is -0.499 e. The number of rotatable bonds is 2. The van der Waals surface area contributed by atoms with Crippen molar-refractivity contribution in [2.24, 2.45) is 4.99 Å². The van der Waals surface area contributed by atoms with E-state index < -0.39 is 23.7 Å². The first-order chi connectivity index (χ1) is 10.2. The van der Waals surface area contributed by atoms with Gasteiger partial charge in [0.25, 0.3) is 5.90 Å². The minimum absolute atomic E-state index is 0.428. The molecule has 0 aromatic heterocycles. The fourth-order valence-corrected chi connectivity index (χ4v) is 2.27. The number of hydrogen-bond acceptors (Lipinski definition) is 4. The molecule has 1 atom stereocenters. The summed E-state index contributed by atoms with van der Waals surface area (Å²) in [6.07, 6.45) is -0.649. The van der Waals surface area contributed by atoms with Crippen LogP contribution in [0.1, 0.15) is 11.7 Å². The second-order valence-electron chi connectivity index (χ2n) is 4.61. The molecule has 0 saturated carbocycles. The van der Waals surface area contributed by atoms with Gasteiger partial charge in [0.1, 0.15) is 0 Å². The van der Waals surface area contributed by atoms with Crippen molar-refractivity contribution >= 4 is 11.6 Å². The Labute approximate surface area is 121 Å². The highest BCUT2D eigenvalue weighted by Crippen LogP contribution is 2.34. The van der Waals surface area contributed by atoms with E-state index in [4.69, 9.17) is 0 Å². The first kappa shape index (κ1) is 13.1. The smallest absolute Gasteiger partial charge is 0.257 e. The van der Waals surface area contributed by atoms with Crippen LogP contribution in [0.4, 0.5) is 5.69 Å². The first-order valence-corrected chi connectivity index (χ1v) is 6.47. The van der Waals surface area contributed by atoms with Crippen LogP contribution < -0.4 is 4.90 Å². The summed E-state index contributed by atoms with van der Waals surface area (Å²) in [6, 6.07) is 18.3. The lowest BCUT2D eigenvalue weighted by Gasteiger charge is -2.33. The van der Waals surface area contributed by atoms with Gasteiger partial charge in [0.15, 0.2) is 6.17 Å². The van der Waals surface area contributed by atoms with Gasteiger partial charge in [-0.25, -0.2) is 4.99 Å². The Morgan fingerprint density at radius 2 is 1.38 bits per heavy atom. The molecule has 0 radical (unpaired) electrons. The molecule has 5 heteroatoms. The highest BCUT2D eigenvalue weighted by molar-refractivity contribution is 5.92. The topological polar surface area (TPSA) is 76.3 Å². The number of hydrogen-bond donors (Lipinski definition) is 3. The maximum Gasteiger partial charge on any atom is 0.257 e. The maximum atomic E-state index is 10.2. The number of nitrogens with zero attached hydrogens (tertiary/aromatic N) is 2. The molecule has 2 aromatic carbocycles. The molecule has 5 nitrogen and oxygen atoms in total. The van der Waals surface area contributed by atoms with E-state index in [9.17, 15) is 15.3 Å². The van der Waals surface area contributed by atoms with E-state index in [0.717, 1.165) is 5.56 Å². The average molecular weight is 282 g/mol. The van der Waals surface area contributed by atoms with Crippen LogP contribution in [0.2, 0.25) is 0 Å². The zero-order valence-corrected chi connectivity index (χ0v) is 11.1. The molecule has 1 aliphatic heterocycles. The van der Waals surface area contributed by atoms with Crippen molar-refractivity contribution in [3.8, 4) is 0 Å². The van der Waals surface area contributed by atoms with Crippen LogP contribution in [0, 0.1) is 0 Å². The lowest BCUT2D eigenvalue weighted by atomic mass is 10.1. The van der Waals surface area contributed by atoms with Crippen LogP contribution in [0.15, 0.2) is 77.3 Å². The van der Waals surface area contributed by atoms with E-state index in [1.165, 1.54) is 4.90 Å². The number of aliphatic hydroxyl groups is 3. The van der Waals surface area contributed by atoms with Crippen LogP contribution in [0.5, 0.6) is 0 Å². The van der Waals surface area contributed by atoms with Gasteiger partial charge in [-0.1, -0.05) is 48.5 Å². The lowest BCUT2D eigenvalue weighted by Crippen LogP contribution is -2.33. The van der Waals surface area contributed by atoms with Gasteiger partial charge in [-0.3, -0.25) is 4.90 Å². The van der Waals surface area contributed by atoms with Gasteiger partial charge in [0.05, 0.1) is 0 Å². The molecule has 0 amide bonds. The summed E-state index contributed by atoms with van der Waals surface area (Å²) in [5.41, 5.74) is 1.44. The fraction of sp³-hybridized carbons (Fsp3) is 0.0625. The fourth-order valence-electron chi connectivity index (χ4n) is 2.27. The Hall–Kier alpha value is -2.95. The molecule has 106 valence electrons. The average Bonchev–Trinajstić information content (AvgIpc) is 2.54. The molecular weight excluding hydrogens is 268 g/mol. The molecule has 1 aliphatic rings. The lowest BCUT2D eigenvalue weighted by molar-refractivity contribution is 0.298. The Morgan fingerprint density at radius 1 is 0.810 bits per heavy atom. The number of anilines is 1.